The van der Waals surface area contributed by atoms with Crippen molar-refractivity contribution in [3.63, 3.8) is 0 Å². The van der Waals surface area contributed by atoms with Crippen molar-refractivity contribution in [1.82, 2.24) is 0 Å². The molecule has 0 aromatic heterocycles. The van der Waals surface area contributed by atoms with Gasteiger partial charge < -0.3 is 15.1 Å². The van der Waals surface area contributed by atoms with Crippen molar-refractivity contribution in [2.75, 3.05) is 35.8 Å². The fourth-order valence-corrected chi connectivity index (χ4v) is 2.71. The van der Waals surface area contributed by atoms with Gasteiger partial charge in [-0.1, -0.05) is 12.1 Å². The van der Waals surface area contributed by atoms with Crippen molar-refractivity contribution >= 4 is 28.9 Å². The Bertz CT molecular complexity index is 782. The maximum Gasteiger partial charge on any atom is 0.226 e. The molecule has 26 heavy (non-hydrogen) atoms. The molecule has 0 aliphatic carbocycles. The van der Waals surface area contributed by atoms with Gasteiger partial charge in [0.25, 0.3) is 0 Å². The fourth-order valence-electron chi connectivity index (χ4n) is 2.71. The van der Waals surface area contributed by atoms with Crippen LogP contribution in [0.2, 0.25) is 0 Å². The number of amides is 2. The van der Waals surface area contributed by atoms with E-state index in [0.717, 1.165) is 28.2 Å². The number of benzene rings is 2. The Morgan fingerprint density at radius 3 is 2.15 bits per heavy atom. The normalized spacial score (nSPS) is 10.3. The van der Waals surface area contributed by atoms with Gasteiger partial charge in [0.2, 0.25) is 11.8 Å². The SMILES string of the molecule is CC(=O)N(CCC(=O)Nc1cccc(C)c1C)c1ccc(N(C)C)cc1. The zero-order chi connectivity index (χ0) is 19.3. The van der Waals surface area contributed by atoms with Gasteiger partial charge in [-0.3, -0.25) is 9.59 Å². The van der Waals surface area contributed by atoms with Crippen LogP contribution in [0.4, 0.5) is 17.1 Å². The molecule has 5 heteroatoms. The molecular formula is C21H27N3O2. The predicted molar refractivity (Wildman–Crippen MR) is 108 cm³/mol. The van der Waals surface area contributed by atoms with Gasteiger partial charge in [0.05, 0.1) is 0 Å². The van der Waals surface area contributed by atoms with Gasteiger partial charge >= 0.3 is 0 Å². The zero-order valence-electron chi connectivity index (χ0n) is 16.2. The summed E-state index contributed by atoms with van der Waals surface area (Å²) in [5.41, 5.74) is 4.87. The lowest BCUT2D eigenvalue weighted by Gasteiger charge is -2.22. The molecule has 0 saturated heterocycles. The molecule has 0 saturated carbocycles. The number of carbonyl (C=O) groups excluding carboxylic acids is 2. The number of rotatable bonds is 6. The molecule has 0 heterocycles. The van der Waals surface area contributed by atoms with Gasteiger partial charge in [0, 0.05) is 51.0 Å². The Morgan fingerprint density at radius 1 is 0.962 bits per heavy atom. The average Bonchev–Trinajstić information content (AvgIpc) is 2.59. The summed E-state index contributed by atoms with van der Waals surface area (Å²) in [4.78, 5) is 28.0. The Labute approximate surface area is 155 Å². The summed E-state index contributed by atoms with van der Waals surface area (Å²) in [6.45, 7) is 5.86. The van der Waals surface area contributed by atoms with Gasteiger partial charge in [0.15, 0.2) is 0 Å². The number of nitrogens with one attached hydrogen (secondary N) is 1. The van der Waals surface area contributed by atoms with E-state index in [-0.39, 0.29) is 18.2 Å². The number of hydrogen-bond acceptors (Lipinski definition) is 3. The molecule has 0 fully saturated rings. The van der Waals surface area contributed by atoms with E-state index in [1.165, 1.54) is 6.92 Å². The van der Waals surface area contributed by atoms with Crippen LogP contribution in [-0.4, -0.2) is 32.5 Å². The largest absolute Gasteiger partial charge is 0.378 e. The lowest BCUT2D eigenvalue weighted by Crippen LogP contribution is -2.32. The second-order valence-electron chi connectivity index (χ2n) is 6.63. The molecule has 2 aromatic carbocycles. The van der Waals surface area contributed by atoms with E-state index in [4.69, 9.17) is 0 Å². The lowest BCUT2D eigenvalue weighted by molar-refractivity contribution is -0.117. The van der Waals surface area contributed by atoms with E-state index in [2.05, 4.69) is 5.32 Å². The predicted octanol–water partition coefficient (Wildman–Crippen LogP) is 3.75. The number of aryl methyl sites for hydroxylation is 1. The summed E-state index contributed by atoms with van der Waals surface area (Å²) < 4.78 is 0. The van der Waals surface area contributed by atoms with Gasteiger partial charge in [-0.2, -0.15) is 0 Å². The molecule has 2 rings (SSSR count). The fraction of sp³-hybridized carbons (Fsp3) is 0.333. The second-order valence-corrected chi connectivity index (χ2v) is 6.63. The highest BCUT2D eigenvalue weighted by molar-refractivity contribution is 5.95. The van der Waals surface area contributed by atoms with Crippen molar-refractivity contribution < 1.29 is 9.59 Å². The first kappa shape index (κ1) is 19.5. The van der Waals surface area contributed by atoms with E-state index in [1.807, 2.05) is 75.3 Å². The van der Waals surface area contributed by atoms with Crippen LogP contribution in [0, 0.1) is 13.8 Å². The number of carbonyl (C=O) groups is 2. The van der Waals surface area contributed by atoms with Crippen molar-refractivity contribution in [1.29, 1.82) is 0 Å². The molecule has 138 valence electrons. The number of anilines is 3. The van der Waals surface area contributed by atoms with Crippen molar-refractivity contribution in [3.8, 4) is 0 Å². The summed E-state index contributed by atoms with van der Waals surface area (Å²) >= 11 is 0. The molecule has 0 atom stereocenters. The molecule has 5 nitrogen and oxygen atoms in total. The Hall–Kier alpha value is -2.82. The second kappa shape index (κ2) is 8.52. The highest BCUT2D eigenvalue weighted by atomic mass is 16.2. The van der Waals surface area contributed by atoms with E-state index in [0.29, 0.717) is 6.54 Å². The van der Waals surface area contributed by atoms with Gasteiger partial charge in [0.1, 0.15) is 0 Å². The third-order valence-electron chi connectivity index (χ3n) is 4.50. The molecule has 0 spiro atoms. The van der Waals surface area contributed by atoms with Crippen LogP contribution >= 0.6 is 0 Å². The first-order chi connectivity index (χ1) is 12.3. The standard InChI is InChI=1S/C21H27N3O2/c1-15-7-6-8-20(16(15)2)22-21(26)13-14-24(17(3)25)19-11-9-18(10-12-19)23(4)5/h6-12H,13-14H2,1-5H3,(H,22,26). The molecule has 2 amide bonds. The number of nitrogens with zero attached hydrogens (tertiary/aromatic N) is 2. The molecule has 0 aliphatic rings. The highest BCUT2D eigenvalue weighted by Gasteiger charge is 2.14. The summed E-state index contributed by atoms with van der Waals surface area (Å²) in [7, 11) is 3.94. The van der Waals surface area contributed by atoms with Crippen LogP contribution in [0.3, 0.4) is 0 Å². The van der Waals surface area contributed by atoms with Crippen molar-refractivity contribution in [2.24, 2.45) is 0 Å². The van der Waals surface area contributed by atoms with E-state index in [1.54, 1.807) is 4.90 Å². The summed E-state index contributed by atoms with van der Waals surface area (Å²) in [6, 6.07) is 13.6. The Kier molecular flexibility index (Phi) is 6.39. The number of hydrogen-bond donors (Lipinski definition) is 1. The maximum absolute atomic E-state index is 12.3. The molecule has 0 unspecified atom stereocenters. The van der Waals surface area contributed by atoms with Gasteiger partial charge in [-0.05, 0) is 55.3 Å². The van der Waals surface area contributed by atoms with Gasteiger partial charge in [-0.25, -0.2) is 0 Å². The first-order valence-electron chi connectivity index (χ1n) is 8.71. The monoisotopic (exact) mass is 353 g/mol. The Balaban J connectivity index is 2.03. The van der Waals surface area contributed by atoms with Crippen LogP contribution in [0.15, 0.2) is 42.5 Å². The summed E-state index contributed by atoms with van der Waals surface area (Å²) in [5, 5.41) is 2.94. The molecule has 0 radical (unpaired) electrons. The molecule has 2 aromatic rings. The summed E-state index contributed by atoms with van der Waals surface area (Å²) in [5.74, 6) is -0.183. The molecule has 1 N–H and O–H groups in total. The van der Waals surface area contributed by atoms with Crippen molar-refractivity contribution in [3.05, 3.63) is 53.6 Å². The maximum atomic E-state index is 12.3. The van der Waals surface area contributed by atoms with Crippen LogP contribution < -0.4 is 15.1 Å². The summed E-state index contributed by atoms with van der Waals surface area (Å²) in [6.07, 6.45) is 0.238. The minimum absolute atomic E-state index is 0.0814. The minimum Gasteiger partial charge on any atom is -0.378 e. The van der Waals surface area contributed by atoms with E-state index >= 15 is 0 Å². The van der Waals surface area contributed by atoms with Crippen LogP contribution in [-0.2, 0) is 9.59 Å². The zero-order valence-corrected chi connectivity index (χ0v) is 16.2. The molecule has 0 aliphatic heterocycles. The Morgan fingerprint density at radius 2 is 1.58 bits per heavy atom. The average molecular weight is 353 g/mol. The molecular weight excluding hydrogens is 326 g/mol. The highest BCUT2D eigenvalue weighted by Crippen LogP contribution is 2.21. The quantitative estimate of drug-likeness (QED) is 0.860. The van der Waals surface area contributed by atoms with Gasteiger partial charge in [-0.15, -0.1) is 0 Å². The third-order valence-corrected chi connectivity index (χ3v) is 4.50. The topological polar surface area (TPSA) is 52.7 Å². The van der Waals surface area contributed by atoms with Crippen LogP contribution in [0.5, 0.6) is 0 Å². The third kappa shape index (κ3) is 4.85. The lowest BCUT2D eigenvalue weighted by atomic mass is 10.1. The first-order valence-corrected chi connectivity index (χ1v) is 8.71. The van der Waals surface area contributed by atoms with Crippen LogP contribution in [0.25, 0.3) is 0 Å². The van der Waals surface area contributed by atoms with E-state index < -0.39 is 0 Å². The van der Waals surface area contributed by atoms with Crippen molar-refractivity contribution in [2.45, 2.75) is 27.2 Å². The van der Waals surface area contributed by atoms with E-state index in [9.17, 15) is 9.59 Å². The van der Waals surface area contributed by atoms with Crippen LogP contribution in [0.1, 0.15) is 24.5 Å². The minimum atomic E-state index is -0.102. The smallest absolute Gasteiger partial charge is 0.226 e. The molecule has 0 bridgehead atoms.